The Kier molecular flexibility index (Phi) is 9.28. The standard InChI is InChI=1S/C20H26N2O7S/c1-12(23)28-17(25)10-6-9-15(22-27)19-18(29-13(2)24)16(11-30-19)21-20(26)14-7-4-3-5-8-14/h3-5,7-8,15-16,18-19,22,27H,6,9-11H2,1-2H3,(H,21,26)/t15?,16-,18+,19?/m1/s1. The fourth-order valence-electron chi connectivity index (χ4n) is 3.26. The van der Waals surface area contributed by atoms with E-state index < -0.39 is 36.1 Å². The number of hydrogen-bond acceptors (Lipinski definition) is 9. The van der Waals surface area contributed by atoms with Crippen LogP contribution in [-0.4, -0.2) is 58.2 Å². The number of thioether (sulfide) groups is 1. The number of amides is 1. The Morgan fingerprint density at radius 2 is 1.87 bits per heavy atom. The number of ether oxygens (including phenoxy) is 2. The summed E-state index contributed by atoms with van der Waals surface area (Å²) in [7, 11) is 0. The molecule has 1 aromatic carbocycles. The summed E-state index contributed by atoms with van der Waals surface area (Å²) in [6, 6.07) is 7.77. The van der Waals surface area contributed by atoms with E-state index in [1.807, 2.05) is 6.07 Å². The third-order valence-corrected chi connectivity index (χ3v) is 6.09. The summed E-state index contributed by atoms with van der Waals surface area (Å²) in [4.78, 5) is 46.5. The van der Waals surface area contributed by atoms with Crippen molar-refractivity contribution in [3.63, 3.8) is 0 Å². The minimum absolute atomic E-state index is 0.0154. The number of hydroxylamine groups is 1. The van der Waals surface area contributed by atoms with Crippen molar-refractivity contribution in [1.82, 2.24) is 10.8 Å². The van der Waals surface area contributed by atoms with Gasteiger partial charge in [-0.1, -0.05) is 18.2 Å². The summed E-state index contributed by atoms with van der Waals surface area (Å²) in [5.74, 6) is -1.59. The second kappa shape index (κ2) is 11.7. The summed E-state index contributed by atoms with van der Waals surface area (Å²) in [5.41, 5.74) is 2.72. The van der Waals surface area contributed by atoms with E-state index in [0.29, 0.717) is 24.2 Å². The lowest BCUT2D eigenvalue weighted by atomic mass is 9.99. The predicted octanol–water partition coefficient (Wildman–Crippen LogP) is 1.44. The fourth-order valence-corrected chi connectivity index (χ4v) is 4.83. The molecule has 0 aliphatic carbocycles. The van der Waals surface area contributed by atoms with E-state index >= 15 is 0 Å². The first kappa shape index (κ1) is 23.8. The normalized spacial score (nSPS) is 21.5. The molecule has 1 aliphatic rings. The highest BCUT2D eigenvalue weighted by Gasteiger charge is 2.44. The van der Waals surface area contributed by atoms with Gasteiger partial charge in [0, 0.05) is 37.6 Å². The SMILES string of the molecule is CC(=O)OC(=O)CCCC(NO)C1SC[C@@H](NC(=O)c2ccccc2)[C@@H]1OC(C)=O. The van der Waals surface area contributed by atoms with Crippen LogP contribution in [0.1, 0.15) is 43.5 Å². The lowest BCUT2D eigenvalue weighted by Gasteiger charge is -2.29. The maximum absolute atomic E-state index is 12.5. The van der Waals surface area contributed by atoms with Crippen molar-refractivity contribution >= 4 is 35.6 Å². The van der Waals surface area contributed by atoms with Crippen molar-refractivity contribution in [2.24, 2.45) is 0 Å². The third-order valence-electron chi connectivity index (χ3n) is 4.56. The maximum atomic E-state index is 12.5. The number of carbonyl (C=O) groups is 4. The van der Waals surface area contributed by atoms with Crippen LogP contribution in [0, 0.1) is 0 Å². The maximum Gasteiger partial charge on any atom is 0.313 e. The van der Waals surface area contributed by atoms with Crippen molar-refractivity contribution in [3.05, 3.63) is 35.9 Å². The lowest BCUT2D eigenvalue weighted by molar-refractivity contribution is -0.158. The van der Waals surface area contributed by atoms with Crippen LogP contribution in [0.2, 0.25) is 0 Å². The van der Waals surface area contributed by atoms with Crippen molar-refractivity contribution in [2.45, 2.75) is 56.5 Å². The molecule has 164 valence electrons. The number of esters is 3. The molecule has 0 saturated carbocycles. The van der Waals surface area contributed by atoms with Crippen LogP contribution < -0.4 is 10.8 Å². The lowest BCUT2D eigenvalue weighted by Crippen LogP contribution is -2.51. The molecule has 1 aliphatic heterocycles. The summed E-state index contributed by atoms with van der Waals surface area (Å²) in [6.45, 7) is 2.44. The van der Waals surface area contributed by atoms with Crippen molar-refractivity contribution in [2.75, 3.05) is 5.75 Å². The molecule has 0 spiro atoms. The van der Waals surface area contributed by atoms with Gasteiger partial charge in [0.15, 0.2) is 0 Å². The van der Waals surface area contributed by atoms with Crippen molar-refractivity contribution in [3.8, 4) is 0 Å². The second-order valence-corrected chi connectivity index (χ2v) is 8.12. The molecule has 10 heteroatoms. The highest BCUT2D eigenvalue weighted by atomic mass is 32.2. The number of nitrogens with one attached hydrogen (secondary N) is 2. The summed E-state index contributed by atoms with van der Waals surface area (Å²) in [5, 5.41) is 12.2. The average molecular weight is 439 g/mol. The zero-order valence-electron chi connectivity index (χ0n) is 16.8. The smallest absolute Gasteiger partial charge is 0.313 e. The minimum Gasteiger partial charge on any atom is -0.459 e. The van der Waals surface area contributed by atoms with Crippen LogP contribution >= 0.6 is 11.8 Å². The van der Waals surface area contributed by atoms with Gasteiger partial charge in [-0.2, -0.15) is 11.8 Å². The van der Waals surface area contributed by atoms with E-state index in [4.69, 9.17) is 4.74 Å². The number of rotatable bonds is 9. The molecule has 30 heavy (non-hydrogen) atoms. The molecule has 1 aromatic rings. The molecule has 1 saturated heterocycles. The fraction of sp³-hybridized carbons (Fsp3) is 0.500. The van der Waals surface area contributed by atoms with Crippen LogP contribution in [0.5, 0.6) is 0 Å². The van der Waals surface area contributed by atoms with E-state index in [1.54, 1.807) is 24.3 Å². The van der Waals surface area contributed by atoms with E-state index in [2.05, 4.69) is 15.5 Å². The van der Waals surface area contributed by atoms with E-state index in [0.717, 1.165) is 6.92 Å². The van der Waals surface area contributed by atoms with Crippen molar-refractivity contribution < 1.29 is 33.9 Å². The van der Waals surface area contributed by atoms with Crippen LogP contribution in [0.25, 0.3) is 0 Å². The number of benzene rings is 1. The van der Waals surface area contributed by atoms with E-state index in [1.165, 1.54) is 18.7 Å². The molecular weight excluding hydrogens is 412 g/mol. The molecule has 1 heterocycles. The Morgan fingerprint density at radius 1 is 1.17 bits per heavy atom. The first-order chi connectivity index (χ1) is 14.3. The van der Waals surface area contributed by atoms with Gasteiger partial charge in [0.05, 0.1) is 11.3 Å². The topological polar surface area (TPSA) is 131 Å². The molecule has 3 N–H and O–H groups in total. The molecule has 2 rings (SSSR count). The molecule has 0 aromatic heterocycles. The van der Waals surface area contributed by atoms with Gasteiger partial charge in [0.1, 0.15) is 6.10 Å². The third kappa shape index (κ3) is 7.12. The molecule has 1 amide bonds. The van der Waals surface area contributed by atoms with Gasteiger partial charge in [-0.25, -0.2) is 5.48 Å². The Balaban J connectivity index is 2.00. The summed E-state index contributed by atoms with van der Waals surface area (Å²) >= 11 is 1.46. The predicted molar refractivity (Wildman–Crippen MR) is 109 cm³/mol. The van der Waals surface area contributed by atoms with Gasteiger partial charge in [-0.05, 0) is 25.0 Å². The molecule has 4 atom stereocenters. The van der Waals surface area contributed by atoms with Crippen LogP contribution in [0.4, 0.5) is 0 Å². The Bertz CT molecular complexity index is 759. The first-order valence-corrected chi connectivity index (χ1v) is 10.6. The van der Waals surface area contributed by atoms with Gasteiger partial charge < -0.3 is 20.0 Å². The highest BCUT2D eigenvalue weighted by molar-refractivity contribution is 8.00. The summed E-state index contributed by atoms with van der Waals surface area (Å²) in [6.07, 6.45) is 0.0868. The largest absolute Gasteiger partial charge is 0.459 e. The highest BCUT2D eigenvalue weighted by Crippen LogP contribution is 2.34. The minimum atomic E-state index is -0.671. The molecule has 1 fully saturated rings. The number of hydrogen-bond donors (Lipinski definition) is 3. The quantitative estimate of drug-likeness (QED) is 0.298. The molecule has 2 unspecified atom stereocenters. The monoisotopic (exact) mass is 438 g/mol. The van der Waals surface area contributed by atoms with E-state index in [9.17, 15) is 24.4 Å². The zero-order valence-corrected chi connectivity index (χ0v) is 17.6. The van der Waals surface area contributed by atoms with Gasteiger partial charge in [0.2, 0.25) is 0 Å². The molecule has 9 nitrogen and oxygen atoms in total. The zero-order chi connectivity index (χ0) is 22.1. The van der Waals surface area contributed by atoms with E-state index in [-0.39, 0.29) is 17.6 Å². The van der Waals surface area contributed by atoms with Gasteiger partial charge in [-0.15, -0.1) is 0 Å². The Hall–Kier alpha value is -2.43. The summed E-state index contributed by atoms with van der Waals surface area (Å²) < 4.78 is 9.96. The molecular formula is C20H26N2O7S. The van der Waals surface area contributed by atoms with Crippen LogP contribution in [0.15, 0.2) is 30.3 Å². The first-order valence-electron chi connectivity index (χ1n) is 9.57. The van der Waals surface area contributed by atoms with Gasteiger partial charge in [-0.3, -0.25) is 19.2 Å². The Morgan fingerprint density at radius 3 is 2.47 bits per heavy atom. The molecule has 0 radical (unpaired) electrons. The van der Waals surface area contributed by atoms with Gasteiger partial charge in [0.25, 0.3) is 5.91 Å². The Labute approximate surface area is 178 Å². The second-order valence-electron chi connectivity index (χ2n) is 6.91. The van der Waals surface area contributed by atoms with Crippen LogP contribution in [0.3, 0.4) is 0 Å². The average Bonchev–Trinajstić information content (AvgIpc) is 3.06. The number of carbonyl (C=O) groups excluding carboxylic acids is 4. The molecule has 0 bridgehead atoms. The van der Waals surface area contributed by atoms with Gasteiger partial charge >= 0.3 is 17.9 Å². The van der Waals surface area contributed by atoms with Crippen LogP contribution in [-0.2, 0) is 23.9 Å². The van der Waals surface area contributed by atoms with Crippen molar-refractivity contribution in [1.29, 1.82) is 0 Å².